The Labute approximate surface area is 179 Å². The van der Waals surface area contributed by atoms with Gasteiger partial charge >= 0.3 is 12.1 Å². The molecule has 0 spiro atoms. The number of aryl methyl sites for hydroxylation is 1. The molecular formula is C21H26N2O6S. The van der Waals surface area contributed by atoms with E-state index in [2.05, 4.69) is 4.98 Å². The van der Waals surface area contributed by atoms with Gasteiger partial charge in [0.1, 0.15) is 29.1 Å². The molecule has 1 aromatic carbocycles. The lowest BCUT2D eigenvalue weighted by Crippen LogP contribution is -2.49. The van der Waals surface area contributed by atoms with Gasteiger partial charge in [0.15, 0.2) is 0 Å². The molecule has 9 heteroatoms. The number of nitrogens with zero attached hydrogens (tertiary/aromatic N) is 2. The minimum absolute atomic E-state index is 0.121. The number of ether oxygens (including phenoxy) is 3. The maximum atomic E-state index is 12.3. The first-order valence-corrected chi connectivity index (χ1v) is 10.5. The lowest BCUT2D eigenvalue weighted by Gasteiger charge is -2.34. The first kappa shape index (κ1) is 22.0. The summed E-state index contributed by atoms with van der Waals surface area (Å²) in [5, 5.41) is 10.2. The monoisotopic (exact) mass is 434 g/mol. The Hall–Kier alpha value is -2.65. The highest BCUT2D eigenvalue weighted by atomic mass is 32.1. The van der Waals surface area contributed by atoms with Gasteiger partial charge in [-0.3, -0.25) is 0 Å². The third-order valence-corrected chi connectivity index (χ3v) is 5.21. The Morgan fingerprint density at radius 1 is 1.33 bits per heavy atom. The van der Waals surface area contributed by atoms with Gasteiger partial charge in [0, 0.05) is 23.2 Å². The van der Waals surface area contributed by atoms with Crippen LogP contribution < -0.4 is 4.74 Å². The molecule has 162 valence electrons. The minimum atomic E-state index is -1.04. The van der Waals surface area contributed by atoms with E-state index in [0.717, 1.165) is 9.88 Å². The number of carboxylic acid groups (broad SMARTS) is 1. The smallest absolute Gasteiger partial charge is 0.410 e. The van der Waals surface area contributed by atoms with Crippen molar-refractivity contribution in [3.05, 3.63) is 34.8 Å². The summed E-state index contributed by atoms with van der Waals surface area (Å²) in [5.74, 6) is -0.629. The Balaban J connectivity index is 1.68. The summed E-state index contributed by atoms with van der Waals surface area (Å²) in [4.78, 5) is 30.8. The number of carboxylic acids is 1. The van der Waals surface area contributed by atoms with E-state index >= 15 is 0 Å². The molecular weight excluding hydrogens is 408 g/mol. The zero-order valence-electron chi connectivity index (χ0n) is 17.5. The molecule has 8 nitrogen and oxygen atoms in total. The van der Waals surface area contributed by atoms with Crippen molar-refractivity contribution in [2.45, 2.75) is 39.4 Å². The highest BCUT2D eigenvalue weighted by molar-refractivity contribution is 7.14. The predicted molar refractivity (Wildman–Crippen MR) is 112 cm³/mol. The fourth-order valence-corrected chi connectivity index (χ4v) is 3.67. The highest BCUT2D eigenvalue weighted by Gasteiger charge is 2.28. The zero-order chi connectivity index (χ0) is 21.9. The molecule has 2 heterocycles. The number of hydrogen-bond donors (Lipinski definition) is 1. The minimum Gasteiger partial charge on any atom is -0.491 e. The van der Waals surface area contributed by atoms with E-state index in [4.69, 9.17) is 14.2 Å². The first-order valence-electron chi connectivity index (χ1n) is 9.64. The Kier molecular flexibility index (Phi) is 6.62. The fourth-order valence-electron chi connectivity index (χ4n) is 2.92. The summed E-state index contributed by atoms with van der Waals surface area (Å²) in [6.07, 6.45) is 1.02. The van der Waals surface area contributed by atoms with Crippen LogP contribution in [-0.4, -0.2) is 65.1 Å². The molecule has 1 amide bonds. The molecule has 3 rings (SSSR count). The van der Waals surface area contributed by atoms with E-state index in [1.807, 2.05) is 27.7 Å². The van der Waals surface area contributed by atoms with Gasteiger partial charge in [-0.25, -0.2) is 14.6 Å². The molecule has 30 heavy (non-hydrogen) atoms. The SMILES string of the molecule is Cc1cnc(-c2cc(OC[C@@H]3CN(C(=O)OC(C)(C)C)CCO3)cc(C(=O)O)c2)s1. The number of carbonyl (C=O) groups excluding carboxylic acids is 1. The molecule has 1 saturated heterocycles. The number of thiazole rings is 1. The molecule has 0 radical (unpaired) electrons. The molecule has 0 unspecified atom stereocenters. The van der Waals surface area contributed by atoms with E-state index in [1.54, 1.807) is 23.2 Å². The lowest BCUT2D eigenvalue weighted by atomic mass is 10.1. The van der Waals surface area contributed by atoms with Gasteiger partial charge in [-0.05, 0) is 45.9 Å². The third kappa shape index (κ3) is 5.93. The summed E-state index contributed by atoms with van der Waals surface area (Å²) in [7, 11) is 0. The van der Waals surface area contributed by atoms with E-state index in [1.165, 1.54) is 17.4 Å². The fraction of sp³-hybridized carbons (Fsp3) is 0.476. The first-order chi connectivity index (χ1) is 14.1. The largest absolute Gasteiger partial charge is 0.491 e. The van der Waals surface area contributed by atoms with Gasteiger partial charge in [0.2, 0.25) is 0 Å². The number of benzene rings is 1. The summed E-state index contributed by atoms with van der Waals surface area (Å²) in [6.45, 7) is 8.76. The number of morpholine rings is 1. The number of amides is 1. The summed E-state index contributed by atoms with van der Waals surface area (Å²) < 4.78 is 17.0. The van der Waals surface area contributed by atoms with Crippen LogP contribution in [0.3, 0.4) is 0 Å². The summed E-state index contributed by atoms with van der Waals surface area (Å²) in [5.41, 5.74) is 0.238. The maximum absolute atomic E-state index is 12.3. The van der Waals surface area contributed by atoms with Gasteiger partial charge in [-0.15, -0.1) is 11.3 Å². The average molecular weight is 435 g/mol. The topological polar surface area (TPSA) is 98.2 Å². The number of aromatic carboxylic acids is 1. The third-order valence-electron chi connectivity index (χ3n) is 4.25. The number of hydrogen-bond acceptors (Lipinski definition) is 7. The van der Waals surface area contributed by atoms with Crippen LogP contribution in [0.15, 0.2) is 24.4 Å². The second-order valence-corrected chi connectivity index (χ2v) is 9.29. The predicted octanol–water partition coefficient (Wildman–Crippen LogP) is 3.83. The summed E-state index contributed by atoms with van der Waals surface area (Å²) in [6, 6.07) is 4.81. The van der Waals surface area contributed by atoms with Crippen molar-refractivity contribution in [2.75, 3.05) is 26.3 Å². The second-order valence-electron chi connectivity index (χ2n) is 8.06. The van der Waals surface area contributed by atoms with E-state index in [9.17, 15) is 14.7 Å². The molecule has 1 aliphatic heterocycles. The van der Waals surface area contributed by atoms with E-state index in [-0.39, 0.29) is 24.4 Å². The standard InChI is InChI=1S/C21H26N2O6S/c1-13-10-22-18(30-13)14-7-15(19(24)25)9-16(8-14)28-12-17-11-23(5-6-27-17)20(26)29-21(2,3)4/h7-10,17H,5-6,11-12H2,1-4H3,(H,24,25)/t17-/m0/s1. The molecule has 1 N–H and O–H groups in total. The van der Waals surface area contributed by atoms with Crippen molar-refractivity contribution in [2.24, 2.45) is 0 Å². The second kappa shape index (κ2) is 9.01. The number of rotatable bonds is 5. The van der Waals surface area contributed by atoms with Crippen LogP contribution in [0.2, 0.25) is 0 Å². The van der Waals surface area contributed by atoms with Crippen LogP contribution in [0.5, 0.6) is 5.75 Å². The van der Waals surface area contributed by atoms with Crippen molar-refractivity contribution in [3.63, 3.8) is 0 Å². The quantitative estimate of drug-likeness (QED) is 0.764. The van der Waals surface area contributed by atoms with Crippen molar-refractivity contribution in [1.29, 1.82) is 0 Å². The van der Waals surface area contributed by atoms with E-state index in [0.29, 0.717) is 31.0 Å². The van der Waals surface area contributed by atoms with Gasteiger partial charge in [-0.1, -0.05) is 0 Å². The van der Waals surface area contributed by atoms with Crippen LogP contribution in [0.1, 0.15) is 36.0 Å². The summed E-state index contributed by atoms with van der Waals surface area (Å²) >= 11 is 1.48. The van der Waals surface area contributed by atoms with Crippen molar-refractivity contribution in [1.82, 2.24) is 9.88 Å². The van der Waals surface area contributed by atoms with Gasteiger partial charge in [0.25, 0.3) is 0 Å². The molecule has 0 aliphatic carbocycles. The Morgan fingerprint density at radius 3 is 2.73 bits per heavy atom. The normalized spacial score (nSPS) is 16.9. The average Bonchev–Trinajstić information content (AvgIpc) is 3.11. The van der Waals surface area contributed by atoms with Crippen LogP contribution >= 0.6 is 11.3 Å². The van der Waals surface area contributed by atoms with Gasteiger partial charge in [-0.2, -0.15) is 0 Å². The zero-order valence-corrected chi connectivity index (χ0v) is 18.3. The highest BCUT2D eigenvalue weighted by Crippen LogP contribution is 2.29. The molecule has 0 bridgehead atoms. The van der Waals surface area contributed by atoms with E-state index < -0.39 is 11.6 Å². The Bertz CT molecular complexity index is 920. The van der Waals surface area contributed by atoms with Crippen LogP contribution in [-0.2, 0) is 9.47 Å². The van der Waals surface area contributed by atoms with Crippen LogP contribution in [0, 0.1) is 6.92 Å². The lowest BCUT2D eigenvalue weighted by molar-refractivity contribution is -0.0557. The molecule has 1 aliphatic rings. The maximum Gasteiger partial charge on any atom is 0.410 e. The van der Waals surface area contributed by atoms with Gasteiger partial charge < -0.3 is 24.2 Å². The van der Waals surface area contributed by atoms with Crippen LogP contribution in [0.4, 0.5) is 4.79 Å². The molecule has 1 aromatic heterocycles. The van der Waals surface area contributed by atoms with Crippen LogP contribution in [0.25, 0.3) is 10.6 Å². The molecule has 1 fully saturated rings. The molecule has 1 atom stereocenters. The number of aromatic nitrogens is 1. The van der Waals surface area contributed by atoms with Crippen molar-refractivity contribution in [3.8, 4) is 16.3 Å². The van der Waals surface area contributed by atoms with Crippen molar-refractivity contribution >= 4 is 23.4 Å². The number of carbonyl (C=O) groups is 2. The Morgan fingerprint density at radius 2 is 2.10 bits per heavy atom. The molecule has 0 saturated carbocycles. The van der Waals surface area contributed by atoms with Crippen molar-refractivity contribution < 1.29 is 28.9 Å². The molecule has 2 aromatic rings. The van der Waals surface area contributed by atoms with Gasteiger partial charge in [0.05, 0.1) is 18.7 Å².